The van der Waals surface area contributed by atoms with E-state index >= 15 is 0 Å². The number of likely N-dealkylation sites (N-methyl/N-ethyl adjacent to an activating group) is 1. The van der Waals surface area contributed by atoms with Crippen molar-refractivity contribution in [2.45, 2.75) is 31.2 Å². The monoisotopic (exact) mass is 376 g/mol. The van der Waals surface area contributed by atoms with Gasteiger partial charge in [-0.3, -0.25) is 9.59 Å². The molecule has 1 N–H and O–H groups in total. The minimum absolute atomic E-state index is 0.143. The van der Waals surface area contributed by atoms with Crippen LogP contribution in [0, 0.1) is 12.7 Å². The molecule has 1 fully saturated rings. The van der Waals surface area contributed by atoms with Crippen molar-refractivity contribution in [3.63, 3.8) is 0 Å². The molecule has 0 bridgehead atoms. The minimum Gasteiger partial charge on any atom is -0.469 e. The third-order valence-corrected chi connectivity index (χ3v) is 5.79. The maximum atomic E-state index is 13.8. The number of aryl methyl sites for hydroxylation is 1. The van der Waals surface area contributed by atoms with Crippen LogP contribution in [0.1, 0.15) is 16.9 Å². The maximum absolute atomic E-state index is 13.8. The van der Waals surface area contributed by atoms with E-state index in [2.05, 4.69) is 5.32 Å². The SMILES string of the molecule is Cc1occc1CN(C)C(=O)[C@H]1CS[C@H](Cc2ccccc2F)C(=O)N1. The minimum atomic E-state index is -0.568. The molecule has 2 aromatic rings. The second-order valence-corrected chi connectivity index (χ2v) is 7.61. The average Bonchev–Trinajstić information content (AvgIpc) is 3.02. The van der Waals surface area contributed by atoms with Crippen LogP contribution in [0.2, 0.25) is 0 Å². The lowest BCUT2D eigenvalue weighted by molar-refractivity contribution is -0.135. The number of halogens is 1. The third-order valence-electron chi connectivity index (χ3n) is 4.48. The summed E-state index contributed by atoms with van der Waals surface area (Å²) in [5, 5.41) is 2.39. The Bertz CT molecular complexity index is 808. The van der Waals surface area contributed by atoms with Crippen molar-refractivity contribution in [2.24, 2.45) is 0 Å². The zero-order chi connectivity index (χ0) is 18.7. The number of carbonyl (C=O) groups excluding carboxylic acids is 2. The second-order valence-electron chi connectivity index (χ2n) is 6.38. The van der Waals surface area contributed by atoms with Crippen LogP contribution in [0.5, 0.6) is 0 Å². The maximum Gasteiger partial charge on any atom is 0.246 e. The molecule has 2 atom stereocenters. The van der Waals surface area contributed by atoms with E-state index < -0.39 is 11.3 Å². The standard InChI is InChI=1S/C19H21FN2O3S/c1-12-14(7-8-25-12)10-22(2)19(24)16-11-26-17(18(23)21-16)9-13-5-3-4-6-15(13)20/h3-8,16-17H,9-11H2,1-2H3,(H,21,23)/t16-,17-/m1/s1. The first kappa shape index (κ1) is 18.5. The summed E-state index contributed by atoms with van der Waals surface area (Å²) in [5.41, 5.74) is 1.45. The Kier molecular flexibility index (Phi) is 5.66. The lowest BCUT2D eigenvalue weighted by Crippen LogP contribution is -2.54. The molecular formula is C19H21FN2O3S. The Labute approximate surface area is 155 Å². The lowest BCUT2D eigenvalue weighted by Gasteiger charge is -2.30. The summed E-state index contributed by atoms with van der Waals surface area (Å²) >= 11 is 1.40. The Balaban J connectivity index is 1.57. The number of benzene rings is 1. The van der Waals surface area contributed by atoms with Gasteiger partial charge in [0.15, 0.2) is 0 Å². The summed E-state index contributed by atoms with van der Waals surface area (Å²) in [6, 6.07) is 7.71. The van der Waals surface area contributed by atoms with Gasteiger partial charge in [0.05, 0.1) is 11.5 Å². The van der Waals surface area contributed by atoms with Gasteiger partial charge in [0, 0.05) is 24.9 Å². The van der Waals surface area contributed by atoms with Crippen molar-refractivity contribution >= 4 is 23.6 Å². The Morgan fingerprint density at radius 1 is 1.35 bits per heavy atom. The van der Waals surface area contributed by atoms with E-state index in [4.69, 9.17) is 4.42 Å². The largest absolute Gasteiger partial charge is 0.469 e. The molecule has 138 valence electrons. The highest BCUT2D eigenvalue weighted by molar-refractivity contribution is 8.00. The molecule has 2 amide bonds. The molecule has 0 aliphatic carbocycles. The molecule has 1 aliphatic rings. The molecule has 0 spiro atoms. The average molecular weight is 376 g/mol. The van der Waals surface area contributed by atoms with Crippen molar-refractivity contribution in [1.82, 2.24) is 10.2 Å². The zero-order valence-corrected chi connectivity index (χ0v) is 15.5. The van der Waals surface area contributed by atoms with Gasteiger partial charge in [0.2, 0.25) is 11.8 Å². The number of hydrogen-bond acceptors (Lipinski definition) is 4. The van der Waals surface area contributed by atoms with Crippen LogP contribution in [0.4, 0.5) is 4.39 Å². The molecule has 1 aromatic carbocycles. The van der Waals surface area contributed by atoms with Gasteiger partial charge in [-0.25, -0.2) is 4.39 Å². The van der Waals surface area contributed by atoms with Gasteiger partial charge in [-0.2, -0.15) is 0 Å². The highest BCUT2D eigenvalue weighted by Crippen LogP contribution is 2.24. The highest BCUT2D eigenvalue weighted by atomic mass is 32.2. The van der Waals surface area contributed by atoms with Gasteiger partial charge in [-0.15, -0.1) is 11.8 Å². The third kappa shape index (κ3) is 4.09. The molecule has 26 heavy (non-hydrogen) atoms. The van der Waals surface area contributed by atoms with Gasteiger partial charge in [0.25, 0.3) is 0 Å². The molecular weight excluding hydrogens is 355 g/mol. The van der Waals surface area contributed by atoms with Crippen LogP contribution in [-0.2, 0) is 22.6 Å². The van der Waals surface area contributed by atoms with E-state index in [0.29, 0.717) is 24.3 Å². The smallest absolute Gasteiger partial charge is 0.246 e. The zero-order valence-electron chi connectivity index (χ0n) is 14.7. The van der Waals surface area contributed by atoms with Crippen LogP contribution >= 0.6 is 11.8 Å². The van der Waals surface area contributed by atoms with Crippen molar-refractivity contribution in [3.05, 3.63) is 59.3 Å². The predicted molar refractivity (Wildman–Crippen MR) is 98.2 cm³/mol. The van der Waals surface area contributed by atoms with Crippen molar-refractivity contribution in [3.8, 4) is 0 Å². The summed E-state index contributed by atoms with van der Waals surface area (Å²) in [7, 11) is 1.71. The van der Waals surface area contributed by atoms with Gasteiger partial charge in [0.1, 0.15) is 17.6 Å². The van der Waals surface area contributed by atoms with E-state index in [9.17, 15) is 14.0 Å². The van der Waals surface area contributed by atoms with Gasteiger partial charge in [-0.1, -0.05) is 18.2 Å². The first-order chi connectivity index (χ1) is 12.5. The highest BCUT2D eigenvalue weighted by Gasteiger charge is 2.34. The summed E-state index contributed by atoms with van der Waals surface area (Å²) in [6.45, 7) is 2.27. The number of nitrogens with zero attached hydrogens (tertiary/aromatic N) is 1. The number of furan rings is 1. The van der Waals surface area contributed by atoms with Crippen molar-refractivity contribution in [2.75, 3.05) is 12.8 Å². The van der Waals surface area contributed by atoms with Crippen LogP contribution in [0.25, 0.3) is 0 Å². The topological polar surface area (TPSA) is 62.6 Å². The quantitative estimate of drug-likeness (QED) is 0.871. The number of rotatable bonds is 5. The van der Waals surface area contributed by atoms with Gasteiger partial charge in [-0.05, 0) is 31.0 Å². The van der Waals surface area contributed by atoms with Gasteiger partial charge >= 0.3 is 0 Å². The second kappa shape index (κ2) is 7.95. The van der Waals surface area contributed by atoms with Crippen molar-refractivity contribution < 1.29 is 18.4 Å². The van der Waals surface area contributed by atoms with E-state index in [0.717, 1.165) is 11.3 Å². The van der Waals surface area contributed by atoms with E-state index in [-0.39, 0.29) is 17.6 Å². The van der Waals surface area contributed by atoms with E-state index in [1.165, 1.54) is 17.8 Å². The van der Waals surface area contributed by atoms with E-state index in [1.54, 1.807) is 36.4 Å². The summed E-state index contributed by atoms with van der Waals surface area (Å²) in [4.78, 5) is 26.6. The molecule has 7 heteroatoms. The van der Waals surface area contributed by atoms with Gasteiger partial charge < -0.3 is 14.6 Å². The number of hydrogen-bond donors (Lipinski definition) is 1. The predicted octanol–water partition coefficient (Wildman–Crippen LogP) is 2.53. The number of nitrogens with one attached hydrogen (secondary N) is 1. The molecule has 2 heterocycles. The molecule has 1 aliphatic heterocycles. The first-order valence-electron chi connectivity index (χ1n) is 8.39. The molecule has 1 aromatic heterocycles. The molecule has 3 rings (SSSR count). The first-order valence-corrected chi connectivity index (χ1v) is 9.44. The number of thioether (sulfide) groups is 1. The molecule has 5 nitrogen and oxygen atoms in total. The normalized spacial score (nSPS) is 19.9. The molecule has 0 radical (unpaired) electrons. The number of amides is 2. The number of carbonyl (C=O) groups is 2. The van der Waals surface area contributed by atoms with E-state index in [1.807, 2.05) is 13.0 Å². The van der Waals surface area contributed by atoms with Crippen LogP contribution in [-0.4, -0.2) is 40.8 Å². The molecule has 1 saturated heterocycles. The van der Waals surface area contributed by atoms with Crippen LogP contribution in [0.15, 0.2) is 41.0 Å². The summed E-state index contributed by atoms with van der Waals surface area (Å²) < 4.78 is 19.0. The Morgan fingerprint density at radius 3 is 2.77 bits per heavy atom. The summed E-state index contributed by atoms with van der Waals surface area (Å²) in [6.07, 6.45) is 1.91. The fraction of sp³-hybridized carbons (Fsp3) is 0.368. The molecule has 0 unspecified atom stereocenters. The van der Waals surface area contributed by atoms with Crippen LogP contribution in [0.3, 0.4) is 0 Å². The molecule has 0 saturated carbocycles. The Morgan fingerprint density at radius 2 is 2.12 bits per heavy atom. The fourth-order valence-corrected chi connectivity index (χ4v) is 4.08. The Hall–Kier alpha value is -2.28. The van der Waals surface area contributed by atoms with Crippen LogP contribution < -0.4 is 5.32 Å². The lowest BCUT2D eigenvalue weighted by atomic mass is 10.1. The fourth-order valence-electron chi connectivity index (χ4n) is 2.92. The van der Waals surface area contributed by atoms with Crippen molar-refractivity contribution in [1.29, 1.82) is 0 Å². The summed E-state index contributed by atoms with van der Waals surface area (Å²) in [5.74, 6) is 0.566.